The van der Waals surface area contributed by atoms with Crippen molar-refractivity contribution >= 4 is 0 Å². The highest BCUT2D eigenvalue weighted by Crippen LogP contribution is 2.42. The molecule has 5 rings (SSSR count). The molecule has 1 radical (unpaired) electrons. The molecule has 4 aromatic carbocycles. The van der Waals surface area contributed by atoms with Crippen LogP contribution in [0.25, 0.3) is 33.4 Å². The first-order valence-corrected chi connectivity index (χ1v) is 10.6. The maximum Gasteiger partial charge on any atom is 0.0212 e. The molecule has 0 amide bonds. The minimum atomic E-state index is 1.05. The van der Waals surface area contributed by atoms with Gasteiger partial charge in [0.1, 0.15) is 0 Å². The molecule has 1 aliphatic rings. The first-order chi connectivity index (χ1) is 14.3. The fourth-order valence-electron chi connectivity index (χ4n) is 4.58. The average Bonchev–Trinajstić information content (AvgIpc) is 3.15. The largest absolute Gasteiger partial charge is 0.0620 e. The second kappa shape index (κ2) is 7.37. The Morgan fingerprint density at radius 2 is 0.931 bits per heavy atom. The van der Waals surface area contributed by atoms with Gasteiger partial charge in [-0.15, -0.1) is 0 Å². The molecule has 0 heterocycles. The van der Waals surface area contributed by atoms with Crippen molar-refractivity contribution in [3.63, 3.8) is 0 Å². The standard InChI is InChI=1S/C29H25/c1-3-20-9-5-7-11-26(20)22-13-15-28-24(17-22)19-25-18-23(14-16-29(25)28)27-12-8-6-10-21(27)4-2/h5-19H,3-4H2,1-2H3. The Bertz CT molecular complexity index is 1100. The van der Waals surface area contributed by atoms with Crippen molar-refractivity contribution in [2.24, 2.45) is 0 Å². The highest BCUT2D eigenvalue weighted by molar-refractivity contribution is 5.86. The minimum Gasteiger partial charge on any atom is -0.0620 e. The third-order valence-corrected chi connectivity index (χ3v) is 6.12. The van der Waals surface area contributed by atoms with Crippen LogP contribution in [-0.4, -0.2) is 0 Å². The molecular formula is C29H25. The highest BCUT2D eigenvalue weighted by Gasteiger charge is 2.20. The Morgan fingerprint density at radius 3 is 1.38 bits per heavy atom. The summed E-state index contributed by atoms with van der Waals surface area (Å²) in [5.41, 5.74) is 13.4. The molecule has 0 fully saturated rings. The number of hydrogen-bond acceptors (Lipinski definition) is 0. The Labute approximate surface area is 173 Å². The number of hydrogen-bond donors (Lipinski definition) is 0. The predicted molar refractivity (Wildman–Crippen MR) is 124 cm³/mol. The van der Waals surface area contributed by atoms with Gasteiger partial charge < -0.3 is 0 Å². The van der Waals surface area contributed by atoms with E-state index in [1.54, 1.807) is 0 Å². The Balaban J connectivity index is 1.54. The lowest BCUT2D eigenvalue weighted by molar-refractivity contribution is 1.14. The quantitative estimate of drug-likeness (QED) is 0.302. The number of rotatable bonds is 4. The summed E-state index contributed by atoms with van der Waals surface area (Å²) < 4.78 is 0. The molecule has 0 saturated carbocycles. The molecule has 4 aromatic rings. The summed E-state index contributed by atoms with van der Waals surface area (Å²) in [6, 6.07) is 31.3. The molecule has 0 saturated heterocycles. The molecule has 0 nitrogen and oxygen atoms in total. The van der Waals surface area contributed by atoms with Crippen molar-refractivity contribution in [2.75, 3.05) is 0 Å². The van der Waals surface area contributed by atoms with Crippen molar-refractivity contribution in [1.82, 2.24) is 0 Å². The molecule has 0 unspecified atom stereocenters. The van der Waals surface area contributed by atoms with Gasteiger partial charge in [0.05, 0.1) is 0 Å². The molecule has 0 bridgehead atoms. The Kier molecular flexibility index (Phi) is 4.56. The van der Waals surface area contributed by atoms with Crippen LogP contribution in [-0.2, 0) is 12.8 Å². The van der Waals surface area contributed by atoms with Crippen LogP contribution in [0.3, 0.4) is 0 Å². The van der Waals surface area contributed by atoms with E-state index in [2.05, 4.69) is 105 Å². The molecule has 0 N–H and O–H groups in total. The van der Waals surface area contributed by atoms with Crippen LogP contribution < -0.4 is 0 Å². The van der Waals surface area contributed by atoms with Crippen LogP contribution in [0.4, 0.5) is 0 Å². The summed E-state index contributed by atoms with van der Waals surface area (Å²) in [5, 5.41) is 0. The number of fused-ring (bicyclic) bond motifs is 3. The number of aryl methyl sites for hydroxylation is 2. The molecule has 0 atom stereocenters. The van der Waals surface area contributed by atoms with Gasteiger partial charge in [0, 0.05) is 6.42 Å². The third kappa shape index (κ3) is 3.09. The van der Waals surface area contributed by atoms with Crippen molar-refractivity contribution in [3.05, 3.63) is 114 Å². The van der Waals surface area contributed by atoms with E-state index in [1.165, 1.54) is 55.6 Å². The van der Waals surface area contributed by atoms with E-state index in [9.17, 15) is 0 Å². The lowest BCUT2D eigenvalue weighted by atomic mass is 9.94. The molecule has 0 heteroatoms. The molecule has 0 aromatic heterocycles. The molecule has 29 heavy (non-hydrogen) atoms. The summed E-state index contributed by atoms with van der Waals surface area (Å²) >= 11 is 0. The van der Waals surface area contributed by atoms with E-state index in [1.807, 2.05) is 0 Å². The highest BCUT2D eigenvalue weighted by atomic mass is 14.2. The van der Waals surface area contributed by atoms with Crippen molar-refractivity contribution in [2.45, 2.75) is 26.7 Å². The van der Waals surface area contributed by atoms with E-state index < -0.39 is 0 Å². The molecule has 0 aliphatic heterocycles. The second-order valence-electron chi connectivity index (χ2n) is 7.77. The van der Waals surface area contributed by atoms with Crippen LogP contribution in [0, 0.1) is 6.42 Å². The summed E-state index contributed by atoms with van der Waals surface area (Å²) in [6.45, 7) is 4.45. The lowest BCUT2D eigenvalue weighted by Crippen LogP contribution is -1.88. The smallest absolute Gasteiger partial charge is 0.0212 e. The third-order valence-electron chi connectivity index (χ3n) is 6.12. The van der Waals surface area contributed by atoms with Gasteiger partial charge in [-0.05, 0) is 80.6 Å². The first-order valence-electron chi connectivity index (χ1n) is 10.6. The first kappa shape index (κ1) is 17.9. The van der Waals surface area contributed by atoms with E-state index in [4.69, 9.17) is 0 Å². The van der Waals surface area contributed by atoms with Gasteiger partial charge in [-0.3, -0.25) is 0 Å². The van der Waals surface area contributed by atoms with Crippen LogP contribution in [0.2, 0.25) is 0 Å². The van der Waals surface area contributed by atoms with Crippen molar-refractivity contribution in [1.29, 1.82) is 0 Å². The lowest BCUT2D eigenvalue weighted by Gasteiger charge is -2.10. The van der Waals surface area contributed by atoms with Gasteiger partial charge in [-0.25, -0.2) is 0 Å². The van der Waals surface area contributed by atoms with Gasteiger partial charge >= 0.3 is 0 Å². The minimum absolute atomic E-state index is 1.05. The van der Waals surface area contributed by atoms with Gasteiger partial charge in [-0.2, -0.15) is 0 Å². The maximum absolute atomic E-state index is 2.35. The van der Waals surface area contributed by atoms with Crippen molar-refractivity contribution in [3.8, 4) is 33.4 Å². The van der Waals surface area contributed by atoms with Crippen LogP contribution in [0.15, 0.2) is 84.9 Å². The SMILES string of the molecule is CCc1ccccc1-c1ccc2c(c1)[CH]c1cc(-c3ccccc3CC)ccc1-2. The summed E-state index contributed by atoms with van der Waals surface area (Å²) in [6.07, 6.45) is 4.45. The van der Waals surface area contributed by atoms with Gasteiger partial charge in [-0.1, -0.05) is 86.6 Å². The molecule has 141 valence electrons. The summed E-state index contributed by atoms with van der Waals surface area (Å²) in [4.78, 5) is 0. The fourth-order valence-corrected chi connectivity index (χ4v) is 4.58. The Hall–Kier alpha value is -3.12. The molecule has 1 aliphatic carbocycles. The van der Waals surface area contributed by atoms with Crippen LogP contribution in [0.5, 0.6) is 0 Å². The van der Waals surface area contributed by atoms with Gasteiger partial charge in [0.25, 0.3) is 0 Å². The average molecular weight is 374 g/mol. The monoisotopic (exact) mass is 373 g/mol. The van der Waals surface area contributed by atoms with E-state index in [-0.39, 0.29) is 0 Å². The topological polar surface area (TPSA) is 0 Å². The van der Waals surface area contributed by atoms with Gasteiger partial charge in [0.2, 0.25) is 0 Å². The maximum atomic E-state index is 2.35. The van der Waals surface area contributed by atoms with Crippen LogP contribution in [0.1, 0.15) is 36.1 Å². The normalized spacial score (nSPS) is 11.9. The molecule has 0 spiro atoms. The number of benzene rings is 4. The van der Waals surface area contributed by atoms with Crippen LogP contribution >= 0.6 is 0 Å². The Morgan fingerprint density at radius 1 is 0.483 bits per heavy atom. The zero-order valence-electron chi connectivity index (χ0n) is 17.1. The van der Waals surface area contributed by atoms with Gasteiger partial charge in [0.15, 0.2) is 0 Å². The van der Waals surface area contributed by atoms with E-state index >= 15 is 0 Å². The fraction of sp³-hybridized carbons (Fsp3) is 0.138. The van der Waals surface area contributed by atoms with Crippen molar-refractivity contribution < 1.29 is 0 Å². The van der Waals surface area contributed by atoms with E-state index in [0.717, 1.165) is 12.8 Å². The van der Waals surface area contributed by atoms with E-state index in [0.29, 0.717) is 0 Å². The summed E-state index contributed by atoms with van der Waals surface area (Å²) in [5.74, 6) is 0. The summed E-state index contributed by atoms with van der Waals surface area (Å²) in [7, 11) is 0. The zero-order chi connectivity index (χ0) is 19.8. The predicted octanol–water partition coefficient (Wildman–Crippen LogP) is 7.73. The zero-order valence-corrected chi connectivity index (χ0v) is 17.1. The molecular weight excluding hydrogens is 348 g/mol. The second-order valence-corrected chi connectivity index (χ2v) is 7.77.